The number of hydrogen-bond donors (Lipinski definition) is 2. The summed E-state index contributed by atoms with van der Waals surface area (Å²) >= 11 is 0. The predicted octanol–water partition coefficient (Wildman–Crippen LogP) is 3.22. The summed E-state index contributed by atoms with van der Waals surface area (Å²) in [7, 11) is -3.28. The van der Waals surface area contributed by atoms with E-state index in [-0.39, 0.29) is 23.5 Å². The Hall–Kier alpha value is -2.00. The zero-order chi connectivity index (χ0) is 25.0. The Kier molecular flexibility index (Phi) is 8.39. The van der Waals surface area contributed by atoms with Crippen molar-refractivity contribution in [1.82, 2.24) is 10.6 Å². The van der Waals surface area contributed by atoms with Crippen LogP contribution in [0.3, 0.4) is 0 Å². The lowest BCUT2D eigenvalue weighted by molar-refractivity contribution is 0.0531. The lowest BCUT2D eigenvalue weighted by Crippen LogP contribution is -2.53. The van der Waals surface area contributed by atoms with Crippen molar-refractivity contribution >= 4 is 21.6 Å². The van der Waals surface area contributed by atoms with E-state index in [1.165, 1.54) is 12.1 Å². The third-order valence-corrected chi connectivity index (χ3v) is 8.17. The van der Waals surface area contributed by atoms with Crippen molar-refractivity contribution in [3.8, 4) is 5.75 Å². The van der Waals surface area contributed by atoms with Crippen molar-refractivity contribution in [3.63, 3.8) is 0 Å². The SMILES string of the molecule is CC(C)(C)OC(=O)NCCS(=O)(=O)CCCOc1ccc(N2CC3CNCC2C(C)(C)C3)cc1. The molecule has 3 aliphatic rings. The number of hydrogen-bond acceptors (Lipinski definition) is 7. The Morgan fingerprint density at radius 1 is 1.18 bits per heavy atom. The first-order chi connectivity index (χ1) is 15.8. The number of alkyl carbamates (subject to hydrolysis) is 1. The number of nitrogens with one attached hydrogen (secondary N) is 2. The summed E-state index contributed by atoms with van der Waals surface area (Å²) in [6, 6.07) is 8.60. The summed E-state index contributed by atoms with van der Waals surface area (Å²) in [6.07, 6.45) is 1.04. The van der Waals surface area contributed by atoms with Crippen LogP contribution >= 0.6 is 0 Å². The number of nitrogens with zero attached hydrogens (tertiary/aromatic N) is 1. The minimum atomic E-state index is -3.28. The first-order valence-corrected chi connectivity index (χ1v) is 14.0. The zero-order valence-electron chi connectivity index (χ0n) is 21.2. The van der Waals surface area contributed by atoms with Gasteiger partial charge >= 0.3 is 6.09 Å². The molecule has 3 saturated heterocycles. The van der Waals surface area contributed by atoms with Crippen LogP contribution in [0.4, 0.5) is 10.5 Å². The van der Waals surface area contributed by atoms with Crippen LogP contribution in [-0.2, 0) is 14.6 Å². The predicted molar refractivity (Wildman–Crippen MR) is 135 cm³/mol. The molecule has 1 aromatic rings. The molecule has 0 radical (unpaired) electrons. The van der Waals surface area contributed by atoms with Crippen LogP contribution in [-0.4, -0.2) is 70.4 Å². The van der Waals surface area contributed by atoms with Gasteiger partial charge < -0.3 is 25.0 Å². The number of amides is 1. The molecule has 4 rings (SSSR count). The highest BCUT2D eigenvalue weighted by Crippen LogP contribution is 2.41. The number of fused-ring (bicyclic) bond motifs is 4. The summed E-state index contributed by atoms with van der Waals surface area (Å²) < 4.78 is 35.3. The quantitative estimate of drug-likeness (QED) is 0.508. The Balaban J connectivity index is 1.41. The van der Waals surface area contributed by atoms with Gasteiger partial charge in [0.15, 0.2) is 9.84 Å². The van der Waals surface area contributed by atoms with Crippen LogP contribution in [0, 0.1) is 11.3 Å². The second-order valence-electron chi connectivity index (χ2n) is 11.2. The van der Waals surface area contributed by atoms with Crippen LogP contribution in [0.15, 0.2) is 24.3 Å². The average molecular weight is 496 g/mol. The molecule has 1 aromatic carbocycles. The van der Waals surface area contributed by atoms with E-state index in [1.54, 1.807) is 20.8 Å². The molecule has 0 aliphatic carbocycles. The van der Waals surface area contributed by atoms with Crippen LogP contribution in [0.25, 0.3) is 0 Å². The fourth-order valence-electron chi connectivity index (χ4n) is 4.93. The van der Waals surface area contributed by atoms with Crippen LogP contribution in [0.1, 0.15) is 47.5 Å². The van der Waals surface area contributed by atoms with E-state index >= 15 is 0 Å². The van der Waals surface area contributed by atoms with Gasteiger partial charge in [-0.2, -0.15) is 0 Å². The number of anilines is 1. The van der Waals surface area contributed by atoms with Gasteiger partial charge in [0.2, 0.25) is 0 Å². The van der Waals surface area contributed by atoms with Crippen molar-refractivity contribution in [1.29, 1.82) is 0 Å². The molecule has 192 valence electrons. The van der Waals surface area contributed by atoms with Gasteiger partial charge in [-0.1, -0.05) is 13.8 Å². The maximum absolute atomic E-state index is 12.2. The van der Waals surface area contributed by atoms with Crippen LogP contribution in [0.5, 0.6) is 5.75 Å². The second kappa shape index (κ2) is 10.7. The Labute approximate surface area is 204 Å². The fraction of sp³-hybridized carbons (Fsp3) is 0.720. The van der Waals surface area contributed by atoms with Gasteiger partial charge in [-0.25, -0.2) is 13.2 Å². The first kappa shape index (κ1) is 26.6. The van der Waals surface area contributed by atoms with E-state index in [1.807, 2.05) is 12.1 Å². The Bertz CT molecular complexity index is 925. The standard InChI is InChI=1S/C25H41N3O5S/c1-24(2,3)33-23(29)27-11-14-34(30,31)13-6-12-32-21-9-7-20(8-10-21)28-18-19-15-25(4,5)22(28)17-26-16-19/h7-10,19,22,26H,6,11-18H2,1-5H3,(H,27,29). The molecule has 1 amide bonds. The van der Waals surface area contributed by atoms with Gasteiger partial charge in [0.1, 0.15) is 11.4 Å². The monoisotopic (exact) mass is 495 g/mol. The third-order valence-electron chi connectivity index (χ3n) is 6.44. The smallest absolute Gasteiger partial charge is 0.407 e. The summed E-state index contributed by atoms with van der Waals surface area (Å²) in [4.78, 5) is 14.1. The maximum Gasteiger partial charge on any atom is 0.407 e. The lowest BCUT2D eigenvalue weighted by Gasteiger charge is -2.48. The summed E-state index contributed by atoms with van der Waals surface area (Å²) in [5, 5.41) is 6.09. The Morgan fingerprint density at radius 2 is 1.88 bits per heavy atom. The van der Waals surface area contributed by atoms with Crippen LogP contribution < -0.4 is 20.3 Å². The van der Waals surface area contributed by atoms with E-state index in [9.17, 15) is 13.2 Å². The molecule has 9 heteroatoms. The molecule has 3 heterocycles. The second-order valence-corrected chi connectivity index (χ2v) is 13.5. The molecule has 34 heavy (non-hydrogen) atoms. The van der Waals surface area contributed by atoms with Crippen molar-refractivity contribution in [2.45, 2.75) is 59.1 Å². The topological polar surface area (TPSA) is 97.0 Å². The molecule has 2 bridgehead atoms. The zero-order valence-corrected chi connectivity index (χ0v) is 22.0. The molecule has 2 atom stereocenters. The largest absolute Gasteiger partial charge is 0.494 e. The average Bonchev–Trinajstić information content (AvgIpc) is 3.00. The highest BCUT2D eigenvalue weighted by atomic mass is 32.2. The number of carbonyl (C=O) groups is 1. The van der Waals surface area contributed by atoms with E-state index in [2.05, 4.69) is 41.5 Å². The van der Waals surface area contributed by atoms with Crippen molar-refractivity contribution < 1.29 is 22.7 Å². The van der Waals surface area contributed by atoms with Gasteiger partial charge in [0.05, 0.1) is 18.1 Å². The van der Waals surface area contributed by atoms with Crippen molar-refractivity contribution in [2.24, 2.45) is 11.3 Å². The molecular weight excluding hydrogens is 454 g/mol. The normalized spacial score (nSPS) is 22.2. The number of carbonyl (C=O) groups excluding carboxylic acids is 1. The van der Waals surface area contributed by atoms with Gasteiger partial charge in [0.25, 0.3) is 0 Å². The summed E-state index contributed by atoms with van der Waals surface area (Å²) in [5.74, 6) is 1.29. The molecule has 3 fully saturated rings. The van der Waals surface area contributed by atoms with Gasteiger partial charge in [0, 0.05) is 31.4 Å². The van der Waals surface area contributed by atoms with Gasteiger partial charge in [-0.05, 0) is 75.8 Å². The minimum Gasteiger partial charge on any atom is -0.494 e. The van der Waals surface area contributed by atoms with Gasteiger partial charge in [-0.3, -0.25) is 0 Å². The Morgan fingerprint density at radius 3 is 2.56 bits per heavy atom. The van der Waals surface area contributed by atoms with E-state index in [0.29, 0.717) is 25.0 Å². The summed E-state index contributed by atoms with van der Waals surface area (Å²) in [6.45, 7) is 13.5. The highest BCUT2D eigenvalue weighted by molar-refractivity contribution is 7.91. The van der Waals surface area contributed by atoms with Crippen molar-refractivity contribution in [3.05, 3.63) is 24.3 Å². The van der Waals surface area contributed by atoms with Crippen molar-refractivity contribution in [2.75, 3.05) is 49.2 Å². The van der Waals surface area contributed by atoms with E-state index in [0.717, 1.165) is 25.4 Å². The molecule has 2 unspecified atom stereocenters. The van der Waals surface area contributed by atoms with Crippen LogP contribution in [0.2, 0.25) is 0 Å². The third kappa shape index (κ3) is 7.77. The fourth-order valence-corrected chi connectivity index (χ4v) is 6.11. The molecule has 2 N–H and O–H groups in total. The maximum atomic E-state index is 12.2. The molecular formula is C25H41N3O5S. The van der Waals surface area contributed by atoms with Gasteiger partial charge in [-0.15, -0.1) is 0 Å². The lowest BCUT2D eigenvalue weighted by atomic mass is 9.73. The number of benzene rings is 1. The number of rotatable bonds is 9. The number of piperidine rings is 1. The molecule has 8 nitrogen and oxygen atoms in total. The molecule has 0 aromatic heterocycles. The highest BCUT2D eigenvalue weighted by Gasteiger charge is 2.43. The first-order valence-electron chi connectivity index (χ1n) is 12.2. The molecule has 3 aliphatic heterocycles. The van der Waals surface area contributed by atoms with E-state index < -0.39 is 21.5 Å². The number of ether oxygens (including phenoxy) is 2. The summed E-state index contributed by atoms with van der Waals surface area (Å²) in [5.41, 5.74) is 0.869. The van der Waals surface area contributed by atoms with E-state index in [4.69, 9.17) is 9.47 Å². The molecule has 0 saturated carbocycles. The number of sulfone groups is 1. The molecule has 0 spiro atoms. The minimum absolute atomic E-state index is 0.0139.